The number of esters is 1. The highest BCUT2D eigenvalue weighted by Gasteiger charge is 2.27. The molecule has 7 nitrogen and oxygen atoms in total. The summed E-state index contributed by atoms with van der Waals surface area (Å²) in [7, 11) is 1.78. The number of likely N-dealkylation sites (tertiary alicyclic amines) is 1. The van der Waals surface area contributed by atoms with Crippen LogP contribution in [0.15, 0.2) is 29.3 Å². The van der Waals surface area contributed by atoms with Crippen molar-refractivity contribution < 1.29 is 14.3 Å². The van der Waals surface area contributed by atoms with Gasteiger partial charge in [0.15, 0.2) is 5.96 Å². The summed E-state index contributed by atoms with van der Waals surface area (Å²) in [4.78, 5) is 32.4. The largest absolute Gasteiger partial charge is 0.466 e. The molecule has 0 saturated carbocycles. The minimum Gasteiger partial charge on any atom is -0.466 e. The van der Waals surface area contributed by atoms with Crippen molar-refractivity contribution in [2.24, 2.45) is 10.9 Å². The molecule has 1 N–H and O–H groups in total. The Labute approximate surface area is 196 Å². The molecule has 0 spiro atoms. The summed E-state index contributed by atoms with van der Waals surface area (Å²) < 4.78 is 5.14. The summed E-state index contributed by atoms with van der Waals surface area (Å²) in [5.74, 6) is 0.980. The second kappa shape index (κ2) is 12.1. The van der Waals surface area contributed by atoms with E-state index < -0.39 is 0 Å². The fourth-order valence-corrected chi connectivity index (χ4v) is 3.97. The number of carbonyl (C=O) groups is 2. The van der Waals surface area contributed by atoms with Crippen molar-refractivity contribution in [1.29, 1.82) is 0 Å². The van der Waals surface area contributed by atoms with E-state index in [0.717, 1.165) is 62.5 Å². The molecule has 2 aliphatic rings. The Bertz CT molecular complexity index is 730. The van der Waals surface area contributed by atoms with Crippen molar-refractivity contribution in [1.82, 2.24) is 10.2 Å². The number of rotatable bonds is 5. The number of ether oxygens (including phenoxy) is 1. The molecule has 3 rings (SSSR count). The van der Waals surface area contributed by atoms with Crippen molar-refractivity contribution in [3.05, 3.63) is 29.8 Å². The van der Waals surface area contributed by atoms with Crippen LogP contribution in [-0.2, 0) is 20.9 Å². The Hall–Kier alpha value is -1.84. The first-order chi connectivity index (χ1) is 14.1. The van der Waals surface area contributed by atoms with E-state index in [0.29, 0.717) is 19.6 Å². The van der Waals surface area contributed by atoms with Gasteiger partial charge in [0.2, 0.25) is 5.91 Å². The third-order valence-electron chi connectivity index (χ3n) is 5.65. The van der Waals surface area contributed by atoms with Crippen molar-refractivity contribution in [3.8, 4) is 0 Å². The Morgan fingerprint density at radius 2 is 1.87 bits per heavy atom. The Kier molecular flexibility index (Phi) is 9.87. The summed E-state index contributed by atoms with van der Waals surface area (Å²) in [5, 5.41) is 3.41. The Morgan fingerprint density at radius 1 is 1.17 bits per heavy atom. The van der Waals surface area contributed by atoms with E-state index in [2.05, 4.69) is 27.3 Å². The molecule has 2 saturated heterocycles. The van der Waals surface area contributed by atoms with Gasteiger partial charge in [-0.05, 0) is 50.3 Å². The molecule has 1 aromatic rings. The quantitative estimate of drug-likeness (QED) is 0.275. The first-order valence-corrected chi connectivity index (χ1v) is 10.6. The predicted molar refractivity (Wildman–Crippen MR) is 129 cm³/mol. The fraction of sp³-hybridized carbons (Fsp3) is 0.591. The van der Waals surface area contributed by atoms with Crippen LogP contribution in [0.25, 0.3) is 0 Å². The van der Waals surface area contributed by atoms with Crippen LogP contribution in [0.3, 0.4) is 0 Å². The molecule has 2 aliphatic heterocycles. The molecule has 0 atom stereocenters. The van der Waals surface area contributed by atoms with Gasteiger partial charge < -0.3 is 19.9 Å². The highest BCUT2D eigenvalue weighted by atomic mass is 127. The maximum absolute atomic E-state index is 12.1. The zero-order valence-electron chi connectivity index (χ0n) is 17.9. The molecule has 0 aromatic heterocycles. The number of nitrogens with one attached hydrogen (secondary N) is 1. The van der Waals surface area contributed by atoms with Gasteiger partial charge in [-0.15, -0.1) is 24.0 Å². The third-order valence-corrected chi connectivity index (χ3v) is 5.65. The molecule has 0 unspecified atom stereocenters. The van der Waals surface area contributed by atoms with Crippen LogP contribution in [0, 0.1) is 5.92 Å². The van der Waals surface area contributed by atoms with Crippen molar-refractivity contribution in [2.45, 2.75) is 45.6 Å². The lowest BCUT2D eigenvalue weighted by molar-refractivity contribution is -0.149. The number of piperidine rings is 2. The molecule has 1 aromatic carbocycles. The molecule has 1 amide bonds. The van der Waals surface area contributed by atoms with Crippen LogP contribution in [0.2, 0.25) is 0 Å². The van der Waals surface area contributed by atoms with E-state index >= 15 is 0 Å². The molecule has 0 radical (unpaired) electrons. The van der Waals surface area contributed by atoms with E-state index in [1.54, 1.807) is 7.05 Å². The van der Waals surface area contributed by atoms with Gasteiger partial charge in [0.1, 0.15) is 0 Å². The normalized spacial score (nSPS) is 18.1. The van der Waals surface area contributed by atoms with Gasteiger partial charge in [-0.2, -0.15) is 0 Å². The molecule has 8 heteroatoms. The van der Waals surface area contributed by atoms with E-state index in [9.17, 15) is 9.59 Å². The SMILES string of the molecule is CCOC(=O)C1CCN(C(=NC)NCc2ccc(N3CCCCC3=O)cc2)CC1.I. The van der Waals surface area contributed by atoms with Crippen LogP contribution < -0.4 is 10.2 Å². The van der Waals surface area contributed by atoms with E-state index in [-0.39, 0.29) is 41.8 Å². The number of anilines is 1. The molecule has 30 heavy (non-hydrogen) atoms. The topological polar surface area (TPSA) is 74.2 Å². The number of nitrogens with zero attached hydrogens (tertiary/aromatic N) is 3. The number of amides is 1. The predicted octanol–water partition coefficient (Wildman–Crippen LogP) is 3.17. The van der Waals surface area contributed by atoms with E-state index in [1.807, 2.05) is 24.0 Å². The van der Waals surface area contributed by atoms with E-state index in [1.165, 1.54) is 0 Å². The maximum atomic E-state index is 12.1. The second-order valence-electron chi connectivity index (χ2n) is 7.58. The highest BCUT2D eigenvalue weighted by Crippen LogP contribution is 2.22. The average Bonchev–Trinajstić information content (AvgIpc) is 2.76. The number of carbonyl (C=O) groups excluding carboxylic acids is 2. The average molecular weight is 528 g/mol. The fourth-order valence-electron chi connectivity index (χ4n) is 3.97. The summed E-state index contributed by atoms with van der Waals surface area (Å²) in [6, 6.07) is 8.16. The van der Waals surface area contributed by atoms with Gasteiger partial charge in [-0.1, -0.05) is 12.1 Å². The number of guanidine groups is 1. The van der Waals surface area contributed by atoms with Crippen molar-refractivity contribution >= 4 is 47.5 Å². The lowest BCUT2D eigenvalue weighted by atomic mass is 9.97. The Balaban J connectivity index is 0.00000320. The lowest BCUT2D eigenvalue weighted by Crippen LogP contribution is -2.46. The number of halogens is 1. The monoisotopic (exact) mass is 528 g/mol. The first-order valence-electron chi connectivity index (χ1n) is 10.6. The first kappa shape index (κ1) is 24.4. The van der Waals surface area contributed by atoms with Crippen LogP contribution in [0.4, 0.5) is 5.69 Å². The Morgan fingerprint density at radius 3 is 2.47 bits per heavy atom. The number of benzene rings is 1. The molecule has 0 aliphatic carbocycles. The minimum atomic E-state index is -0.0811. The van der Waals surface area contributed by atoms with Crippen LogP contribution in [-0.4, -0.2) is 56.0 Å². The summed E-state index contributed by atoms with van der Waals surface area (Å²) in [6.07, 6.45) is 4.29. The molecule has 2 fully saturated rings. The van der Waals surface area contributed by atoms with Crippen molar-refractivity contribution in [3.63, 3.8) is 0 Å². The van der Waals surface area contributed by atoms with Gasteiger partial charge in [0.25, 0.3) is 0 Å². The van der Waals surface area contributed by atoms with E-state index in [4.69, 9.17) is 4.74 Å². The lowest BCUT2D eigenvalue weighted by Gasteiger charge is -2.33. The smallest absolute Gasteiger partial charge is 0.309 e. The third kappa shape index (κ3) is 6.33. The summed E-state index contributed by atoms with van der Waals surface area (Å²) >= 11 is 0. The van der Waals surface area contributed by atoms with Gasteiger partial charge in [-0.25, -0.2) is 0 Å². The molecule has 166 valence electrons. The molecular formula is C22H33IN4O3. The van der Waals surface area contributed by atoms with Crippen molar-refractivity contribution in [2.75, 3.05) is 38.2 Å². The van der Waals surface area contributed by atoms with Gasteiger partial charge in [0.05, 0.1) is 12.5 Å². The summed E-state index contributed by atoms with van der Waals surface area (Å²) in [6.45, 7) is 5.34. The van der Waals surface area contributed by atoms with Gasteiger partial charge in [0, 0.05) is 45.3 Å². The molecule has 2 heterocycles. The number of hydrogen-bond donors (Lipinski definition) is 1. The van der Waals surface area contributed by atoms with Crippen LogP contribution in [0.1, 0.15) is 44.6 Å². The number of hydrogen-bond acceptors (Lipinski definition) is 4. The highest BCUT2D eigenvalue weighted by molar-refractivity contribution is 14.0. The van der Waals surface area contributed by atoms with Crippen LogP contribution in [0.5, 0.6) is 0 Å². The maximum Gasteiger partial charge on any atom is 0.309 e. The molecule has 0 bridgehead atoms. The zero-order valence-corrected chi connectivity index (χ0v) is 20.3. The molecular weight excluding hydrogens is 495 g/mol. The van der Waals surface area contributed by atoms with Crippen LogP contribution >= 0.6 is 24.0 Å². The van der Waals surface area contributed by atoms with Gasteiger partial charge in [-0.3, -0.25) is 14.6 Å². The minimum absolute atomic E-state index is 0. The standard InChI is InChI=1S/C22H32N4O3.HI/c1-3-29-21(28)18-11-14-25(15-12-18)22(23-2)24-16-17-7-9-19(10-8-17)26-13-5-4-6-20(26)27;/h7-10,18H,3-6,11-16H2,1-2H3,(H,23,24);1H. The zero-order chi connectivity index (χ0) is 20.6. The van der Waals surface area contributed by atoms with Gasteiger partial charge >= 0.3 is 5.97 Å². The number of aliphatic imine (C=N–C) groups is 1. The summed E-state index contributed by atoms with van der Waals surface area (Å²) in [5.41, 5.74) is 2.12. The second-order valence-corrected chi connectivity index (χ2v) is 7.58.